The van der Waals surface area contributed by atoms with Crippen molar-refractivity contribution < 1.29 is 14.3 Å². The Kier molecular flexibility index (Phi) is 7.54. The van der Waals surface area contributed by atoms with E-state index in [9.17, 15) is 9.59 Å². The predicted octanol–water partition coefficient (Wildman–Crippen LogP) is 1.26. The SMILES string of the molecule is CC(C)C[C@H](NC(=O)c1cccc(OCCN(C)C)c1)C(N)=O. The first-order valence-corrected chi connectivity index (χ1v) is 7.77. The number of rotatable bonds is 9. The zero-order chi connectivity index (χ0) is 17.4. The summed E-state index contributed by atoms with van der Waals surface area (Å²) in [6.07, 6.45) is 0.514. The fourth-order valence-corrected chi connectivity index (χ4v) is 2.03. The van der Waals surface area contributed by atoms with Crippen molar-refractivity contribution in [3.63, 3.8) is 0 Å². The number of ether oxygens (including phenoxy) is 1. The van der Waals surface area contributed by atoms with Gasteiger partial charge in [-0.3, -0.25) is 9.59 Å². The Morgan fingerprint density at radius 2 is 2.00 bits per heavy atom. The van der Waals surface area contributed by atoms with Crippen molar-refractivity contribution in [2.45, 2.75) is 26.3 Å². The van der Waals surface area contributed by atoms with Gasteiger partial charge in [0.15, 0.2) is 0 Å². The maximum absolute atomic E-state index is 12.3. The van der Waals surface area contributed by atoms with Gasteiger partial charge in [0.25, 0.3) is 5.91 Å². The molecule has 0 heterocycles. The van der Waals surface area contributed by atoms with Gasteiger partial charge in [0.2, 0.25) is 5.91 Å². The van der Waals surface area contributed by atoms with Crippen molar-refractivity contribution in [2.24, 2.45) is 11.7 Å². The number of hydrogen-bond donors (Lipinski definition) is 2. The highest BCUT2D eigenvalue weighted by Crippen LogP contribution is 2.14. The predicted molar refractivity (Wildman–Crippen MR) is 90.4 cm³/mol. The number of carbonyl (C=O) groups excluding carboxylic acids is 2. The molecule has 1 aromatic carbocycles. The van der Waals surface area contributed by atoms with Gasteiger partial charge in [-0.15, -0.1) is 0 Å². The van der Waals surface area contributed by atoms with Gasteiger partial charge in [0.05, 0.1) is 0 Å². The van der Waals surface area contributed by atoms with Gasteiger partial charge in [0, 0.05) is 12.1 Å². The molecule has 3 N–H and O–H groups in total. The Balaban J connectivity index is 2.69. The van der Waals surface area contributed by atoms with Crippen molar-refractivity contribution in [1.82, 2.24) is 10.2 Å². The van der Waals surface area contributed by atoms with Crippen LogP contribution < -0.4 is 15.8 Å². The molecule has 0 bridgehead atoms. The quantitative estimate of drug-likeness (QED) is 0.717. The minimum Gasteiger partial charge on any atom is -0.492 e. The number of carbonyl (C=O) groups is 2. The zero-order valence-electron chi connectivity index (χ0n) is 14.3. The Labute approximate surface area is 138 Å². The minimum absolute atomic E-state index is 0.258. The van der Waals surface area contributed by atoms with Crippen LogP contribution in [-0.2, 0) is 4.79 Å². The number of benzene rings is 1. The standard InChI is InChI=1S/C17H27N3O3/c1-12(2)10-15(16(18)21)19-17(22)13-6-5-7-14(11-13)23-9-8-20(3)4/h5-7,11-12,15H,8-10H2,1-4H3,(H2,18,21)(H,19,22)/t15-/m0/s1. The number of amides is 2. The van der Waals surface area contributed by atoms with E-state index in [0.29, 0.717) is 24.3 Å². The van der Waals surface area contributed by atoms with E-state index in [1.165, 1.54) is 0 Å². The summed E-state index contributed by atoms with van der Waals surface area (Å²) in [4.78, 5) is 25.8. The first-order valence-electron chi connectivity index (χ1n) is 7.77. The summed E-state index contributed by atoms with van der Waals surface area (Å²) >= 11 is 0. The average molecular weight is 321 g/mol. The molecule has 6 heteroatoms. The van der Waals surface area contributed by atoms with Gasteiger partial charge in [-0.25, -0.2) is 0 Å². The maximum atomic E-state index is 12.3. The molecular weight excluding hydrogens is 294 g/mol. The van der Waals surface area contributed by atoms with Crippen molar-refractivity contribution in [2.75, 3.05) is 27.2 Å². The normalized spacial score (nSPS) is 12.3. The van der Waals surface area contributed by atoms with Crippen LogP contribution >= 0.6 is 0 Å². The monoisotopic (exact) mass is 321 g/mol. The molecule has 0 aliphatic heterocycles. The highest BCUT2D eigenvalue weighted by atomic mass is 16.5. The van der Waals surface area contributed by atoms with E-state index in [4.69, 9.17) is 10.5 Å². The summed E-state index contributed by atoms with van der Waals surface area (Å²) in [5.74, 6) is 0.0328. The number of nitrogens with two attached hydrogens (primary N) is 1. The Bertz CT molecular complexity index is 530. The molecule has 6 nitrogen and oxygen atoms in total. The fourth-order valence-electron chi connectivity index (χ4n) is 2.03. The van der Waals surface area contributed by atoms with Gasteiger partial charge < -0.3 is 20.7 Å². The Morgan fingerprint density at radius 3 is 2.57 bits per heavy atom. The molecule has 1 rings (SSSR count). The summed E-state index contributed by atoms with van der Waals surface area (Å²) in [5.41, 5.74) is 5.80. The van der Waals surface area contributed by atoms with E-state index in [2.05, 4.69) is 5.32 Å². The molecule has 0 saturated heterocycles. The highest BCUT2D eigenvalue weighted by Gasteiger charge is 2.20. The summed E-state index contributed by atoms with van der Waals surface area (Å²) in [6, 6.07) is 6.23. The molecule has 2 amide bonds. The summed E-state index contributed by atoms with van der Waals surface area (Å²) < 4.78 is 5.61. The second-order valence-electron chi connectivity index (χ2n) is 6.24. The van der Waals surface area contributed by atoms with Crippen LogP contribution in [0.5, 0.6) is 5.75 Å². The van der Waals surface area contributed by atoms with E-state index >= 15 is 0 Å². The molecule has 0 saturated carbocycles. The van der Waals surface area contributed by atoms with Gasteiger partial charge in [-0.2, -0.15) is 0 Å². The van der Waals surface area contributed by atoms with Crippen LogP contribution in [0, 0.1) is 5.92 Å². The van der Waals surface area contributed by atoms with E-state index < -0.39 is 11.9 Å². The summed E-state index contributed by atoms with van der Waals surface area (Å²) in [5, 5.41) is 2.69. The van der Waals surface area contributed by atoms with Crippen LogP contribution in [0.15, 0.2) is 24.3 Å². The van der Waals surface area contributed by atoms with E-state index in [1.54, 1.807) is 24.3 Å². The molecule has 23 heavy (non-hydrogen) atoms. The Hall–Kier alpha value is -2.08. The lowest BCUT2D eigenvalue weighted by Crippen LogP contribution is -2.45. The zero-order valence-corrected chi connectivity index (χ0v) is 14.3. The lowest BCUT2D eigenvalue weighted by Gasteiger charge is -2.17. The first kappa shape index (κ1) is 19.0. The molecular formula is C17H27N3O3. The van der Waals surface area contributed by atoms with Crippen LogP contribution in [0.1, 0.15) is 30.6 Å². The van der Waals surface area contributed by atoms with Crippen molar-refractivity contribution >= 4 is 11.8 Å². The van der Waals surface area contributed by atoms with Gasteiger partial charge in [-0.05, 0) is 44.6 Å². The summed E-state index contributed by atoms with van der Waals surface area (Å²) in [7, 11) is 3.93. The fraction of sp³-hybridized carbons (Fsp3) is 0.529. The van der Waals surface area contributed by atoms with Gasteiger partial charge in [0.1, 0.15) is 18.4 Å². The second-order valence-corrected chi connectivity index (χ2v) is 6.24. The number of nitrogens with zero attached hydrogens (tertiary/aromatic N) is 1. The molecule has 0 radical (unpaired) electrons. The molecule has 128 valence electrons. The van der Waals surface area contributed by atoms with Crippen LogP contribution in [0.2, 0.25) is 0 Å². The van der Waals surface area contributed by atoms with Crippen molar-refractivity contribution in [3.8, 4) is 5.75 Å². The van der Waals surface area contributed by atoms with E-state index in [0.717, 1.165) is 6.54 Å². The smallest absolute Gasteiger partial charge is 0.252 e. The third kappa shape index (κ3) is 7.15. The van der Waals surface area contributed by atoms with Crippen molar-refractivity contribution in [1.29, 1.82) is 0 Å². The van der Waals surface area contributed by atoms with Gasteiger partial charge in [-0.1, -0.05) is 19.9 Å². The molecule has 0 unspecified atom stereocenters. The summed E-state index contributed by atoms with van der Waals surface area (Å²) in [6.45, 7) is 5.27. The second kappa shape index (κ2) is 9.15. The molecule has 1 atom stereocenters. The van der Waals surface area contributed by atoms with Gasteiger partial charge >= 0.3 is 0 Å². The number of nitrogens with one attached hydrogen (secondary N) is 1. The number of hydrogen-bond acceptors (Lipinski definition) is 4. The first-order chi connectivity index (χ1) is 10.8. The Morgan fingerprint density at radius 1 is 1.30 bits per heavy atom. The molecule has 0 aromatic heterocycles. The highest BCUT2D eigenvalue weighted by molar-refractivity contribution is 5.97. The average Bonchev–Trinajstić information content (AvgIpc) is 2.45. The molecule has 0 aliphatic rings. The van der Waals surface area contributed by atoms with Crippen LogP contribution in [0.3, 0.4) is 0 Å². The van der Waals surface area contributed by atoms with Crippen LogP contribution in [0.4, 0.5) is 0 Å². The maximum Gasteiger partial charge on any atom is 0.252 e. The molecule has 1 aromatic rings. The third-order valence-corrected chi connectivity index (χ3v) is 3.26. The van der Waals surface area contributed by atoms with Crippen LogP contribution in [0.25, 0.3) is 0 Å². The molecule has 0 fully saturated rings. The van der Waals surface area contributed by atoms with E-state index in [-0.39, 0.29) is 11.8 Å². The molecule has 0 aliphatic carbocycles. The number of primary amides is 1. The third-order valence-electron chi connectivity index (χ3n) is 3.26. The lowest BCUT2D eigenvalue weighted by molar-refractivity contribution is -0.120. The van der Waals surface area contributed by atoms with Crippen LogP contribution in [-0.4, -0.2) is 50.0 Å². The van der Waals surface area contributed by atoms with E-state index in [1.807, 2.05) is 32.8 Å². The lowest BCUT2D eigenvalue weighted by atomic mass is 10.0. The number of likely N-dealkylation sites (N-methyl/N-ethyl adjacent to an activating group) is 1. The van der Waals surface area contributed by atoms with Crippen molar-refractivity contribution in [3.05, 3.63) is 29.8 Å². The minimum atomic E-state index is -0.666. The molecule has 0 spiro atoms. The topological polar surface area (TPSA) is 84.7 Å². The largest absolute Gasteiger partial charge is 0.492 e.